The largest absolute Gasteiger partial charge is 0.496 e. The number of nitrogens with one attached hydrogen (secondary N) is 1. The Labute approximate surface area is 182 Å². The number of carbonyl (C=O) groups excluding carboxylic acids is 2. The van der Waals surface area contributed by atoms with Crippen LogP contribution in [0.4, 0.5) is 0 Å². The second-order valence-corrected chi connectivity index (χ2v) is 7.37. The summed E-state index contributed by atoms with van der Waals surface area (Å²) in [6.07, 6.45) is 1.59. The van der Waals surface area contributed by atoms with E-state index in [4.69, 9.17) is 9.47 Å². The molecule has 0 atom stereocenters. The first-order valence-corrected chi connectivity index (χ1v) is 10.2. The number of hydrogen-bond donors (Lipinski definition) is 1. The number of fused-ring (bicyclic) bond motifs is 1. The maximum absolute atomic E-state index is 12.5. The van der Waals surface area contributed by atoms with Crippen molar-refractivity contribution in [3.8, 4) is 5.75 Å². The van der Waals surface area contributed by atoms with Crippen molar-refractivity contribution in [3.63, 3.8) is 0 Å². The molecule has 156 valence electrons. The van der Waals surface area contributed by atoms with Crippen LogP contribution in [0.25, 0.3) is 10.9 Å². The van der Waals surface area contributed by atoms with Gasteiger partial charge in [0.05, 0.1) is 25.5 Å². The summed E-state index contributed by atoms with van der Waals surface area (Å²) in [6, 6.07) is 12.9. The van der Waals surface area contributed by atoms with E-state index in [0.717, 1.165) is 26.6 Å². The van der Waals surface area contributed by atoms with Gasteiger partial charge in [0.1, 0.15) is 12.3 Å². The highest BCUT2D eigenvalue weighted by atomic mass is 79.9. The molecule has 0 aliphatic heterocycles. The number of para-hydroxylation sites is 1. The van der Waals surface area contributed by atoms with E-state index in [1.807, 2.05) is 35.8 Å². The normalized spacial score (nSPS) is 11.1. The summed E-state index contributed by atoms with van der Waals surface area (Å²) in [5.41, 5.74) is 5.47. The summed E-state index contributed by atoms with van der Waals surface area (Å²) in [6.45, 7) is 4.12. The lowest BCUT2D eigenvalue weighted by Gasteiger charge is -2.08. The van der Waals surface area contributed by atoms with Gasteiger partial charge < -0.3 is 14.0 Å². The van der Waals surface area contributed by atoms with E-state index < -0.39 is 5.91 Å². The van der Waals surface area contributed by atoms with Crippen molar-refractivity contribution in [2.45, 2.75) is 20.4 Å². The summed E-state index contributed by atoms with van der Waals surface area (Å²) in [4.78, 5) is 24.6. The summed E-state index contributed by atoms with van der Waals surface area (Å²) in [5.74, 6) is -0.245. The zero-order chi connectivity index (χ0) is 21.7. The number of rotatable bonds is 7. The van der Waals surface area contributed by atoms with Gasteiger partial charge >= 0.3 is 5.97 Å². The van der Waals surface area contributed by atoms with E-state index in [9.17, 15) is 9.59 Å². The summed E-state index contributed by atoms with van der Waals surface area (Å²) >= 11 is 3.35. The van der Waals surface area contributed by atoms with Crippen LogP contribution >= 0.6 is 15.9 Å². The first-order valence-electron chi connectivity index (χ1n) is 9.36. The van der Waals surface area contributed by atoms with Gasteiger partial charge in [-0.25, -0.2) is 5.43 Å². The molecule has 0 aliphatic rings. The van der Waals surface area contributed by atoms with Gasteiger partial charge in [0.2, 0.25) is 0 Å². The molecular weight excluding hydrogens is 450 g/mol. The Hall–Kier alpha value is -3.13. The van der Waals surface area contributed by atoms with E-state index in [-0.39, 0.29) is 12.5 Å². The molecule has 1 heterocycles. The maximum atomic E-state index is 12.5. The summed E-state index contributed by atoms with van der Waals surface area (Å²) in [5, 5.41) is 5.07. The molecule has 3 rings (SSSR count). The van der Waals surface area contributed by atoms with Gasteiger partial charge in [-0.2, -0.15) is 5.10 Å². The number of methoxy groups -OCH3 is 1. The maximum Gasteiger partial charge on any atom is 0.325 e. The van der Waals surface area contributed by atoms with Crippen LogP contribution in [0.1, 0.15) is 28.5 Å². The van der Waals surface area contributed by atoms with E-state index in [1.165, 1.54) is 7.11 Å². The van der Waals surface area contributed by atoms with Crippen molar-refractivity contribution in [2.75, 3.05) is 13.7 Å². The fourth-order valence-electron chi connectivity index (χ4n) is 3.23. The number of hydrogen-bond acceptors (Lipinski definition) is 5. The lowest BCUT2D eigenvalue weighted by molar-refractivity contribution is -0.143. The highest BCUT2D eigenvalue weighted by Crippen LogP contribution is 2.25. The smallest absolute Gasteiger partial charge is 0.325 e. The Morgan fingerprint density at radius 2 is 2.00 bits per heavy atom. The zero-order valence-electron chi connectivity index (χ0n) is 16.9. The Kier molecular flexibility index (Phi) is 6.89. The zero-order valence-corrected chi connectivity index (χ0v) is 18.5. The molecular formula is C22H22BrN3O4. The van der Waals surface area contributed by atoms with Gasteiger partial charge in [-0.3, -0.25) is 9.59 Å². The van der Waals surface area contributed by atoms with Crippen LogP contribution in [0, 0.1) is 6.92 Å². The van der Waals surface area contributed by atoms with E-state index in [1.54, 1.807) is 31.3 Å². The molecule has 0 spiro atoms. The van der Waals surface area contributed by atoms with Gasteiger partial charge in [-0.1, -0.05) is 34.1 Å². The molecule has 0 fully saturated rings. The standard InChI is InChI=1S/C22H22BrN3O4/c1-4-30-21(27)13-26-14(2)18(16-7-5-6-8-19(16)26)12-24-25-22(28)17-11-15(23)9-10-20(17)29-3/h5-12H,4,13H2,1-3H3,(H,25,28)/b24-12-. The molecule has 0 bridgehead atoms. The van der Waals surface area contributed by atoms with Crippen LogP contribution in [0.3, 0.4) is 0 Å². The minimum absolute atomic E-state index is 0.107. The molecule has 1 aromatic heterocycles. The van der Waals surface area contributed by atoms with Crippen LogP contribution in [-0.4, -0.2) is 36.4 Å². The fourth-order valence-corrected chi connectivity index (χ4v) is 3.59. The molecule has 3 aromatic rings. The topological polar surface area (TPSA) is 81.9 Å². The number of carbonyl (C=O) groups is 2. The third kappa shape index (κ3) is 4.54. The van der Waals surface area contributed by atoms with Crippen molar-refractivity contribution in [1.29, 1.82) is 0 Å². The second-order valence-electron chi connectivity index (χ2n) is 6.45. The van der Waals surface area contributed by atoms with Gasteiger partial charge in [0.15, 0.2) is 0 Å². The number of amides is 1. The average molecular weight is 472 g/mol. The SMILES string of the molecule is CCOC(=O)Cn1c(C)c(/C=N\NC(=O)c2cc(Br)ccc2OC)c2ccccc21. The Balaban J connectivity index is 1.88. The monoisotopic (exact) mass is 471 g/mol. The van der Waals surface area contributed by atoms with Gasteiger partial charge in [0, 0.05) is 26.6 Å². The average Bonchev–Trinajstić information content (AvgIpc) is 2.99. The third-order valence-corrected chi connectivity index (χ3v) is 5.13. The van der Waals surface area contributed by atoms with Crippen LogP contribution < -0.4 is 10.2 Å². The van der Waals surface area contributed by atoms with Crippen LogP contribution in [0.15, 0.2) is 52.0 Å². The summed E-state index contributed by atoms with van der Waals surface area (Å²) in [7, 11) is 1.51. The number of nitrogens with zero attached hydrogens (tertiary/aromatic N) is 2. The predicted octanol–water partition coefficient (Wildman–Crippen LogP) is 4.05. The summed E-state index contributed by atoms with van der Waals surface area (Å²) < 4.78 is 13.0. The molecule has 30 heavy (non-hydrogen) atoms. The molecule has 0 aliphatic carbocycles. The highest BCUT2D eigenvalue weighted by molar-refractivity contribution is 9.10. The molecule has 0 unspecified atom stereocenters. The number of benzene rings is 2. The highest BCUT2D eigenvalue weighted by Gasteiger charge is 2.16. The number of esters is 1. The van der Waals surface area contributed by atoms with Crippen molar-refractivity contribution < 1.29 is 19.1 Å². The molecule has 2 aromatic carbocycles. The fraction of sp³-hybridized carbons (Fsp3) is 0.227. The lowest BCUT2D eigenvalue weighted by atomic mass is 10.1. The number of halogens is 1. The lowest BCUT2D eigenvalue weighted by Crippen LogP contribution is -2.18. The van der Waals surface area contributed by atoms with Crippen molar-refractivity contribution >= 4 is 44.9 Å². The van der Waals surface area contributed by atoms with Crippen LogP contribution in [-0.2, 0) is 16.1 Å². The predicted molar refractivity (Wildman–Crippen MR) is 119 cm³/mol. The van der Waals surface area contributed by atoms with E-state index in [2.05, 4.69) is 26.5 Å². The minimum atomic E-state index is -0.391. The molecule has 7 nitrogen and oxygen atoms in total. The first kappa shape index (κ1) is 21.6. The van der Waals surface area contributed by atoms with Gasteiger partial charge in [-0.15, -0.1) is 0 Å². The van der Waals surface area contributed by atoms with Crippen molar-refractivity contribution in [1.82, 2.24) is 9.99 Å². The van der Waals surface area contributed by atoms with Gasteiger partial charge in [-0.05, 0) is 38.1 Å². The third-order valence-electron chi connectivity index (χ3n) is 4.64. The Bertz CT molecular complexity index is 1120. The molecule has 8 heteroatoms. The molecule has 1 amide bonds. The Morgan fingerprint density at radius 3 is 2.73 bits per heavy atom. The quantitative estimate of drug-likeness (QED) is 0.320. The molecule has 0 saturated heterocycles. The molecule has 0 saturated carbocycles. The first-order chi connectivity index (χ1) is 14.5. The number of aromatic nitrogens is 1. The second kappa shape index (κ2) is 9.58. The minimum Gasteiger partial charge on any atom is -0.496 e. The molecule has 0 radical (unpaired) electrons. The van der Waals surface area contributed by atoms with Crippen molar-refractivity contribution in [2.24, 2.45) is 5.10 Å². The van der Waals surface area contributed by atoms with E-state index in [0.29, 0.717) is 17.9 Å². The van der Waals surface area contributed by atoms with Crippen LogP contribution in [0.5, 0.6) is 5.75 Å². The van der Waals surface area contributed by atoms with E-state index >= 15 is 0 Å². The molecule has 1 N–H and O–H groups in total. The van der Waals surface area contributed by atoms with Crippen LogP contribution in [0.2, 0.25) is 0 Å². The van der Waals surface area contributed by atoms with Gasteiger partial charge in [0.25, 0.3) is 5.91 Å². The van der Waals surface area contributed by atoms with Crippen molar-refractivity contribution in [3.05, 3.63) is 63.8 Å². The number of hydrazone groups is 1. The number of ether oxygens (including phenoxy) is 2. The Morgan fingerprint density at radius 1 is 1.23 bits per heavy atom.